The largest absolute Gasteiger partial charge is 0.484 e. The van der Waals surface area contributed by atoms with E-state index in [1.807, 2.05) is 32.0 Å². The minimum Gasteiger partial charge on any atom is -0.484 e. The van der Waals surface area contributed by atoms with E-state index in [2.05, 4.69) is 16.0 Å². The Balaban J connectivity index is 1.52. The van der Waals surface area contributed by atoms with Gasteiger partial charge in [-0.3, -0.25) is 9.59 Å². The predicted octanol–water partition coefficient (Wildman–Crippen LogP) is 3.13. The van der Waals surface area contributed by atoms with Gasteiger partial charge in [0.25, 0.3) is 11.5 Å². The van der Waals surface area contributed by atoms with Gasteiger partial charge in [-0.2, -0.15) is 0 Å². The van der Waals surface area contributed by atoms with Crippen LogP contribution in [-0.4, -0.2) is 46.6 Å². The molecule has 1 N–H and O–H groups in total. The summed E-state index contributed by atoms with van der Waals surface area (Å²) in [5.41, 5.74) is 2.56. The van der Waals surface area contributed by atoms with Crippen molar-refractivity contribution in [2.24, 2.45) is 0 Å². The lowest BCUT2D eigenvalue weighted by molar-refractivity contribution is -0.135. The summed E-state index contributed by atoms with van der Waals surface area (Å²) in [6.45, 7) is 5.23. The molecule has 1 aliphatic rings. The first kappa shape index (κ1) is 21.1. The molecular formula is C24H27N3O4. The molecule has 4 rings (SSSR count). The molecule has 1 aromatic heterocycles. The summed E-state index contributed by atoms with van der Waals surface area (Å²) in [5.74, 6) is 0.937. The number of hydrogen-bond acceptors (Lipinski definition) is 5. The van der Waals surface area contributed by atoms with Crippen molar-refractivity contribution in [2.45, 2.75) is 39.3 Å². The number of ether oxygens (including phenoxy) is 2. The quantitative estimate of drug-likeness (QED) is 0.634. The minimum absolute atomic E-state index is 0.0163. The fourth-order valence-electron chi connectivity index (χ4n) is 3.93. The zero-order valence-corrected chi connectivity index (χ0v) is 17.9. The van der Waals surface area contributed by atoms with Gasteiger partial charge in [0.05, 0.1) is 23.6 Å². The van der Waals surface area contributed by atoms with Gasteiger partial charge in [-0.1, -0.05) is 18.2 Å². The minimum atomic E-state index is -0.211. The van der Waals surface area contributed by atoms with Crippen LogP contribution in [0.25, 0.3) is 10.9 Å². The molecule has 3 aromatic rings. The highest BCUT2D eigenvalue weighted by atomic mass is 16.5. The van der Waals surface area contributed by atoms with E-state index < -0.39 is 0 Å². The second kappa shape index (κ2) is 9.31. The van der Waals surface area contributed by atoms with Gasteiger partial charge in [-0.15, -0.1) is 0 Å². The van der Waals surface area contributed by atoms with Gasteiger partial charge in [-0.25, -0.2) is 4.98 Å². The molecule has 31 heavy (non-hydrogen) atoms. The van der Waals surface area contributed by atoms with E-state index in [-0.39, 0.29) is 30.7 Å². The molecule has 1 atom stereocenters. The predicted molar refractivity (Wildman–Crippen MR) is 118 cm³/mol. The second-order valence-corrected chi connectivity index (χ2v) is 8.05. The van der Waals surface area contributed by atoms with Crippen LogP contribution in [0.1, 0.15) is 29.8 Å². The lowest BCUT2D eigenvalue weighted by atomic mass is 10.1. The smallest absolute Gasteiger partial charge is 0.261 e. The third-order valence-corrected chi connectivity index (χ3v) is 5.36. The number of fused-ring (bicyclic) bond motifs is 1. The van der Waals surface area contributed by atoms with E-state index in [0.29, 0.717) is 35.6 Å². The van der Waals surface area contributed by atoms with Crippen molar-refractivity contribution in [3.63, 3.8) is 0 Å². The van der Waals surface area contributed by atoms with Crippen LogP contribution in [0.3, 0.4) is 0 Å². The van der Waals surface area contributed by atoms with E-state index in [1.165, 1.54) is 0 Å². The van der Waals surface area contributed by atoms with E-state index in [0.717, 1.165) is 24.0 Å². The maximum atomic E-state index is 13.1. The highest BCUT2D eigenvalue weighted by Gasteiger charge is 2.24. The number of rotatable bonds is 7. The number of carbonyl (C=O) groups is 1. The summed E-state index contributed by atoms with van der Waals surface area (Å²) in [5, 5.41) is 0.529. The lowest BCUT2D eigenvalue weighted by Gasteiger charge is -2.25. The van der Waals surface area contributed by atoms with Crippen molar-refractivity contribution < 1.29 is 14.3 Å². The fourth-order valence-corrected chi connectivity index (χ4v) is 3.93. The number of H-pyrrole nitrogens is 1. The van der Waals surface area contributed by atoms with Crippen LogP contribution in [0.4, 0.5) is 0 Å². The number of benzene rings is 2. The number of aromatic amines is 1. The molecule has 0 saturated carbocycles. The summed E-state index contributed by atoms with van der Waals surface area (Å²) in [6.07, 6.45) is 1.87. The van der Waals surface area contributed by atoms with Gasteiger partial charge in [-0.05, 0) is 62.1 Å². The summed E-state index contributed by atoms with van der Waals surface area (Å²) >= 11 is 0. The molecule has 2 heterocycles. The summed E-state index contributed by atoms with van der Waals surface area (Å²) < 4.78 is 11.5. The fraction of sp³-hybridized carbons (Fsp3) is 0.375. The average Bonchev–Trinajstić information content (AvgIpc) is 3.24. The molecule has 7 heteroatoms. The zero-order chi connectivity index (χ0) is 21.8. The third kappa shape index (κ3) is 5.30. The molecule has 1 fully saturated rings. The van der Waals surface area contributed by atoms with Crippen molar-refractivity contribution in [1.82, 2.24) is 14.9 Å². The van der Waals surface area contributed by atoms with E-state index >= 15 is 0 Å². The topological polar surface area (TPSA) is 84.5 Å². The van der Waals surface area contributed by atoms with Gasteiger partial charge in [0.1, 0.15) is 11.6 Å². The number of para-hydroxylation sites is 1. The first-order chi connectivity index (χ1) is 15.0. The standard InChI is InChI=1S/C24H27N3O4/c1-16-10-17(2)12-19(11-16)31-15-23(28)27(13-18-6-5-9-30-18)14-22-25-21-8-4-3-7-20(21)24(29)26-22/h3-4,7-8,10-12,18H,5-6,9,13-15H2,1-2H3,(H,25,26,29)/t18-/m1/s1. The monoisotopic (exact) mass is 421 g/mol. The Hall–Kier alpha value is -3.19. The normalized spacial score (nSPS) is 15.9. The maximum absolute atomic E-state index is 13.1. The lowest BCUT2D eigenvalue weighted by Crippen LogP contribution is -2.40. The number of nitrogens with one attached hydrogen (secondary N) is 1. The number of amides is 1. The molecule has 0 radical (unpaired) electrons. The highest BCUT2D eigenvalue weighted by molar-refractivity contribution is 5.78. The molecule has 7 nitrogen and oxygen atoms in total. The van der Waals surface area contributed by atoms with Gasteiger partial charge in [0.15, 0.2) is 6.61 Å². The number of nitrogens with zero attached hydrogens (tertiary/aromatic N) is 2. The van der Waals surface area contributed by atoms with Crippen LogP contribution in [0.2, 0.25) is 0 Å². The summed E-state index contributed by atoms with van der Waals surface area (Å²) in [6, 6.07) is 13.0. The van der Waals surface area contributed by atoms with Crippen LogP contribution >= 0.6 is 0 Å². The van der Waals surface area contributed by atoms with Gasteiger partial charge in [0.2, 0.25) is 0 Å². The van der Waals surface area contributed by atoms with Crippen LogP contribution < -0.4 is 10.3 Å². The van der Waals surface area contributed by atoms with Crippen molar-refractivity contribution in [2.75, 3.05) is 19.8 Å². The zero-order valence-electron chi connectivity index (χ0n) is 17.9. The Bertz CT molecular complexity index is 1110. The molecule has 1 saturated heterocycles. The number of hydrogen-bond donors (Lipinski definition) is 1. The highest BCUT2D eigenvalue weighted by Crippen LogP contribution is 2.18. The van der Waals surface area contributed by atoms with Gasteiger partial charge < -0.3 is 19.4 Å². The van der Waals surface area contributed by atoms with Gasteiger partial charge in [0, 0.05) is 13.2 Å². The Kier molecular flexibility index (Phi) is 6.32. The van der Waals surface area contributed by atoms with Crippen molar-refractivity contribution >= 4 is 16.8 Å². The SMILES string of the molecule is Cc1cc(C)cc(OCC(=O)N(Cc2nc3ccccc3c(=O)[nH]2)C[C@H]2CCCO2)c1. The molecule has 0 spiro atoms. The molecule has 2 aromatic carbocycles. The number of aromatic nitrogens is 2. The van der Waals surface area contributed by atoms with Crippen molar-refractivity contribution in [3.8, 4) is 5.75 Å². The molecule has 1 aliphatic heterocycles. The van der Waals surface area contributed by atoms with E-state index in [1.54, 1.807) is 23.1 Å². The first-order valence-corrected chi connectivity index (χ1v) is 10.6. The van der Waals surface area contributed by atoms with Crippen LogP contribution in [-0.2, 0) is 16.1 Å². The van der Waals surface area contributed by atoms with Gasteiger partial charge >= 0.3 is 0 Å². The third-order valence-electron chi connectivity index (χ3n) is 5.36. The van der Waals surface area contributed by atoms with Crippen LogP contribution in [0.15, 0.2) is 47.3 Å². The van der Waals surface area contributed by atoms with E-state index in [9.17, 15) is 9.59 Å². The van der Waals surface area contributed by atoms with Crippen LogP contribution in [0.5, 0.6) is 5.75 Å². The van der Waals surface area contributed by atoms with Crippen molar-refractivity contribution in [1.29, 1.82) is 0 Å². The Morgan fingerprint density at radius 2 is 2.00 bits per heavy atom. The van der Waals surface area contributed by atoms with E-state index in [4.69, 9.17) is 9.47 Å². The molecule has 1 amide bonds. The second-order valence-electron chi connectivity index (χ2n) is 8.05. The molecular weight excluding hydrogens is 394 g/mol. The molecule has 0 bridgehead atoms. The molecule has 162 valence electrons. The Labute approximate surface area is 181 Å². The average molecular weight is 421 g/mol. The Morgan fingerprint density at radius 1 is 1.23 bits per heavy atom. The summed E-state index contributed by atoms with van der Waals surface area (Å²) in [4.78, 5) is 34.5. The number of carbonyl (C=O) groups excluding carboxylic acids is 1. The van der Waals surface area contributed by atoms with Crippen LogP contribution in [0, 0.1) is 13.8 Å². The number of aryl methyl sites for hydroxylation is 2. The van der Waals surface area contributed by atoms with Crippen molar-refractivity contribution in [3.05, 3.63) is 69.8 Å². The molecule has 0 unspecified atom stereocenters. The molecule has 0 aliphatic carbocycles. The first-order valence-electron chi connectivity index (χ1n) is 10.6. The summed E-state index contributed by atoms with van der Waals surface area (Å²) in [7, 11) is 0. The Morgan fingerprint density at radius 3 is 2.74 bits per heavy atom. The maximum Gasteiger partial charge on any atom is 0.261 e.